The largest absolute Gasteiger partial charge is 0.327 e. The third-order valence-electron chi connectivity index (χ3n) is 5.81. The highest BCUT2D eigenvalue weighted by Gasteiger charge is 2.50. The van der Waals surface area contributed by atoms with Gasteiger partial charge in [-0.1, -0.05) is 30.3 Å². The van der Waals surface area contributed by atoms with Gasteiger partial charge in [-0.05, 0) is 38.2 Å². The second-order valence-electron chi connectivity index (χ2n) is 7.33. The molecule has 5 nitrogen and oxygen atoms in total. The molecule has 3 amide bonds. The molecule has 0 bridgehead atoms. The minimum Gasteiger partial charge on any atom is -0.312 e. The summed E-state index contributed by atoms with van der Waals surface area (Å²) in [6.07, 6.45) is 3.56. The molecule has 5 heteroatoms. The number of urea groups is 1. The number of carbonyl (C=O) groups excluding carboxylic acids is 2. The first-order chi connectivity index (χ1) is 11.6. The van der Waals surface area contributed by atoms with Crippen molar-refractivity contribution in [3.8, 4) is 0 Å². The Kier molecular flexibility index (Phi) is 4.04. The van der Waals surface area contributed by atoms with Crippen molar-refractivity contribution in [2.24, 2.45) is 0 Å². The van der Waals surface area contributed by atoms with Crippen molar-refractivity contribution in [3.05, 3.63) is 35.9 Å². The van der Waals surface area contributed by atoms with Crippen LogP contribution in [-0.4, -0.2) is 57.9 Å². The lowest BCUT2D eigenvalue weighted by atomic mass is 9.96. The van der Waals surface area contributed by atoms with Gasteiger partial charge in [0.05, 0.1) is 0 Å². The number of benzene rings is 1. The van der Waals surface area contributed by atoms with Crippen LogP contribution in [-0.2, 0) is 11.3 Å². The summed E-state index contributed by atoms with van der Waals surface area (Å²) in [5.41, 5.74) is 1.32. The molecule has 0 aromatic heterocycles. The van der Waals surface area contributed by atoms with Gasteiger partial charge in [-0.25, -0.2) is 4.79 Å². The molecule has 0 spiro atoms. The lowest BCUT2D eigenvalue weighted by Crippen LogP contribution is -2.51. The molecular formula is C19H25N3O2. The van der Waals surface area contributed by atoms with Gasteiger partial charge in [-0.15, -0.1) is 0 Å². The minimum atomic E-state index is -0.171. The van der Waals surface area contributed by atoms with Crippen LogP contribution in [0.1, 0.15) is 38.2 Å². The molecule has 0 saturated carbocycles. The van der Waals surface area contributed by atoms with Crippen molar-refractivity contribution in [2.45, 2.75) is 57.3 Å². The molecule has 2 unspecified atom stereocenters. The van der Waals surface area contributed by atoms with E-state index in [9.17, 15) is 9.59 Å². The van der Waals surface area contributed by atoms with Gasteiger partial charge in [0.1, 0.15) is 6.04 Å². The summed E-state index contributed by atoms with van der Waals surface area (Å²) in [6.45, 7) is 4.82. The van der Waals surface area contributed by atoms with Gasteiger partial charge in [-0.3, -0.25) is 14.6 Å². The molecular weight excluding hydrogens is 302 g/mol. The standard InChI is InChI=1S/C19H25N3O2/c1-14-12-16(9-11-20(14)13-15-6-3-2-4-7-15)22-18(23)17-8-5-10-21(17)19(22)24/h2-4,6-7,14,16-17H,5,8-13H2,1H3/t14?,16?,17-/m0/s1. The number of nitrogens with zero attached hydrogens (tertiary/aromatic N) is 3. The molecule has 128 valence electrons. The summed E-state index contributed by atoms with van der Waals surface area (Å²) in [7, 11) is 0. The van der Waals surface area contributed by atoms with E-state index in [2.05, 4.69) is 36.1 Å². The molecule has 3 aliphatic rings. The first kappa shape index (κ1) is 15.6. The number of fused-ring (bicyclic) bond motifs is 1. The highest BCUT2D eigenvalue weighted by molar-refractivity contribution is 6.04. The van der Waals surface area contributed by atoms with E-state index < -0.39 is 0 Å². The summed E-state index contributed by atoms with van der Waals surface area (Å²) in [5.74, 6) is 0.0474. The number of amides is 3. The first-order valence-corrected chi connectivity index (χ1v) is 9.07. The van der Waals surface area contributed by atoms with E-state index in [1.807, 2.05) is 6.07 Å². The van der Waals surface area contributed by atoms with E-state index in [0.29, 0.717) is 6.04 Å². The summed E-state index contributed by atoms with van der Waals surface area (Å²) < 4.78 is 0. The van der Waals surface area contributed by atoms with E-state index in [1.54, 1.807) is 9.80 Å². The van der Waals surface area contributed by atoms with E-state index in [0.717, 1.165) is 45.3 Å². The van der Waals surface area contributed by atoms with Crippen molar-refractivity contribution in [1.82, 2.24) is 14.7 Å². The zero-order chi connectivity index (χ0) is 16.7. The van der Waals surface area contributed by atoms with Gasteiger partial charge in [0, 0.05) is 31.7 Å². The Balaban J connectivity index is 1.41. The molecule has 24 heavy (non-hydrogen) atoms. The SMILES string of the molecule is CC1CC(N2C(=O)[C@@H]3CCCN3C2=O)CCN1Cc1ccccc1. The van der Waals surface area contributed by atoms with E-state index in [-0.39, 0.29) is 24.0 Å². The summed E-state index contributed by atoms with van der Waals surface area (Å²) >= 11 is 0. The van der Waals surface area contributed by atoms with Gasteiger partial charge in [0.2, 0.25) is 0 Å². The van der Waals surface area contributed by atoms with Gasteiger partial charge in [0.15, 0.2) is 0 Å². The fourth-order valence-corrected chi connectivity index (χ4v) is 4.46. The predicted octanol–water partition coefficient (Wildman–Crippen LogP) is 2.47. The number of carbonyl (C=O) groups is 2. The third-order valence-corrected chi connectivity index (χ3v) is 5.81. The van der Waals surface area contributed by atoms with Crippen LogP contribution in [0.25, 0.3) is 0 Å². The van der Waals surface area contributed by atoms with Crippen molar-refractivity contribution < 1.29 is 9.59 Å². The Morgan fingerprint density at radius 2 is 1.88 bits per heavy atom. The Hall–Kier alpha value is -1.88. The van der Waals surface area contributed by atoms with Crippen LogP contribution in [0.3, 0.4) is 0 Å². The molecule has 1 aromatic rings. The van der Waals surface area contributed by atoms with Crippen LogP contribution >= 0.6 is 0 Å². The maximum atomic E-state index is 12.6. The highest BCUT2D eigenvalue weighted by atomic mass is 16.2. The van der Waals surface area contributed by atoms with Crippen molar-refractivity contribution in [1.29, 1.82) is 0 Å². The summed E-state index contributed by atoms with van der Waals surface area (Å²) in [4.78, 5) is 31.0. The van der Waals surface area contributed by atoms with Crippen LogP contribution < -0.4 is 0 Å². The van der Waals surface area contributed by atoms with E-state index in [1.165, 1.54) is 5.56 Å². The lowest BCUT2D eigenvalue weighted by molar-refractivity contribution is -0.130. The topological polar surface area (TPSA) is 43.9 Å². The first-order valence-electron chi connectivity index (χ1n) is 9.07. The molecule has 0 radical (unpaired) electrons. The van der Waals surface area contributed by atoms with Crippen LogP contribution in [0.4, 0.5) is 4.79 Å². The second kappa shape index (κ2) is 6.20. The molecule has 3 aliphatic heterocycles. The van der Waals surface area contributed by atoms with Crippen LogP contribution in [0.2, 0.25) is 0 Å². The monoisotopic (exact) mass is 327 g/mol. The number of rotatable bonds is 3. The molecule has 4 rings (SSSR count). The fourth-order valence-electron chi connectivity index (χ4n) is 4.46. The Morgan fingerprint density at radius 3 is 2.58 bits per heavy atom. The van der Waals surface area contributed by atoms with Gasteiger partial charge in [0.25, 0.3) is 5.91 Å². The average Bonchev–Trinajstić information content (AvgIpc) is 3.15. The maximum Gasteiger partial charge on any atom is 0.327 e. The second-order valence-corrected chi connectivity index (χ2v) is 7.33. The van der Waals surface area contributed by atoms with E-state index >= 15 is 0 Å². The zero-order valence-corrected chi connectivity index (χ0v) is 14.2. The summed E-state index contributed by atoms with van der Waals surface area (Å²) in [6, 6.07) is 10.7. The molecule has 3 heterocycles. The number of imide groups is 1. The number of piperidine rings is 1. The summed E-state index contributed by atoms with van der Waals surface area (Å²) in [5, 5.41) is 0. The fraction of sp³-hybridized carbons (Fsp3) is 0.579. The quantitative estimate of drug-likeness (QED) is 0.801. The third kappa shape index (κ3) is 2.61. The van der Waals surface area contributed by atoms with Crippen molar-refractivity contribution in [2.75, 3.05) is 13.1 Å². The van der Waals surface area contributed by atoms with Crippen LogP contribution in [0.15, 0.2) is 30.3 Å². The highest BCUT2D eigenvalue weighted by Crippen LogP contribution is 2.32. The molecule has 3 fully saturated rings. The molecule has 3 saturated heterocycles. The van der Waals surface area contributed by atoms with Gasteiger partial charge in [-0.2, -0.15) is 0 Å². The van der Waals surface area contributed by atoms with Gasteiger partial charge < -0.3 is 4.90 Å². The normalized spacial score (nSPS) is 31.0. The Morgan fingerprint density at radius 1 is 1.08 bits per heavy atom. The van der Waals surface area contributed by atoms with Crippen LogP contribution in [0.5, 0.6) is 0 Å². The molecule has 3 atom stereocenters. The van der Waals surface area contributed by atoms with Gasteiger partial charge >= 0.3 is 6.03 Å². The molecule has 1 aromatic carbocycles. The van der Waals surface area contributed by atoms with Crippen molar-refractivity contribution in [3.63, 3.8) is 0 Å². The van der Waals surface area contributed by atoms with Crippen LogP contribution in [0, 0.1) is 0 Å². The number of hydrogen-bond donors (Lipinski definition) is 0. The molecule has 0 N–H and O–H groups in total. The lowest BCUT2D eigenvalue weighted by Gasteiger charge is -2.40. The van der Waals surface area contributed by atoms with Crippen molar-refractivity contribution >= 4 is 11.9 Å². The Bertz CT molecular complexity index is 611. The Labute approximate surface area is 143 Å². The molecule has 0 aliphatic carbocycles. The van der Waals surface area contributed by atoms with E-state index in [4.69, 9.17) is 0 Å². The minimum absolute atomic E-state index is 0.0452. The number of likely N-dealkylation sites (tertiary alicyclic amines) is 1. The number of hydrogen-bond acceptors (Lipinski definition) is 3. The maximum absolute atomic E-state index is 12.6. The average molecular weight is 327 g/mol. The smallest absolute Gasteiger partial charge is 0.312 e. The zero-order valence-electron chi connectivity index (χ0n) is 14.2. The predicted molar refractivity (Wildman–Crippen MR) is 91.3 cm³/mol.